The van der Waals surface area contributed by atoms with Crippen LogP contribution >= 0.6 is 11.6 Å². The number of carbonyl (C=O) groups is 1. The molecule has 5 nitrogen and oxygen atoms in total. The molecular formula is C21H27ClN2O3. The molecule has 6 heteroatoms. The molecule has 0 unspecified atom stereocenters. The third-order valence-corrected chi connectivity index (χ3v) is 3.90. The number of carbonyl (C=O) groups excluding carboxylic acids is 1. The lowest BCUT2D eigenvalue weighted by atomic mass is 10.1. The van der Waals surface area contributed by atoms with E-state index in [2.05, 4.69) is 27.2 Å². The average molecular weight is 391 g/mol. The monoisotopic (exact) mass is 390 g/mol. The summed E-state index contributed by atoms with van der Waals surface area (Å²) >= 11 is 6.37. The minimum atomic E-state index is 0.431. The predicted octanol–water partition coefficient (Wildman–Crippen LogP) is 5.43. The summed E-state index contributed by atoms with van der Waals surface area (Å²) in [4.78, 5) is 13.8. The second-order valence-electron chi connectivity index (χ2n) is 5.12. The zero-order chi connectivity index (χ0) is 20.2. The number of halogens is 1. The molecule has 0 bridgehead atoms. The summed E-state index contributed by atoms with van der Waals surface area (Å²) < 4.78 is 11.4. The number of ether oxygens (including phenoxy) is 2. The molecule has 0 N–H and O–H groups in total. The van der Waals surface area contributed by atoms with Crippen LogP contribution in [0.1, 0.15) is 33.4 Å². The molecule has 0 amide bonds. The van der Waals surface area contributed by atoms with Crippen LogP contribution in [0, 0.1) is 0 Å². The Morgan fingerprint density at radius 2 is 1.93 bits per heavy atom. The summed E-state index contributed by atoms with van der Waals surface area (Å²) in [5, 5.41) is 0.670. The average Bonchev–Trinajstić information content (AvgIpc) is 3.14. The lowest BCUT2D eigenvalue weighted by molar-refractivity contribution is -0.128. The zero-order valence-electron chi connectivity index (χ0n) is 16.5. The Hall–Kier alpha value is -2.53. The van der Waals surface area contributed by atoms with E-state index in [1.165, 1.54) is 0 Å². The molecule has 0 saturated carbocycles. The number of rotatable bonds is 5. The topological polar surface area (TPSA) is 52.8 Å². The molecule has 0 atom stereocenters. The second-order valence-corrected chi connectivity index (χ2v) is 5.53. The van der Waals surface area contributed by atoms with Crippen LogP contribution in [-0.2, 0) is 16.0 Å². The summed E-state index contributed by atoms with van der Waals surface area (Å²) in [6.45, 7) is 8.76. The first kappa shape index (κ1) is 22.5. The van der Waals surface area contributed by atoms with Gasteiger partial charge in [-0.15, -0.1) is 0 Å². The highest BCUT2D eigenvalue weighted by Gasteiger charge is 2.10. The van der Waals surface area contributed by atoms with Crippen molar-refractivity contribution >= 4 is 23.7 Å². The van der Waals surface area contributed by atoms with Gasteiger partial charge in [-0.1, -0.05) is 38.4 Å². The van der Waals surface area contributed by atoms with E-state index in [0.717, 1.165) is 34.8 Å². The number of hydrogen-bond acceptors (Lipinski definition) is 4. The third-order valence-electron chi connectivity index (χ3n) is 3.59. The molecule has 146 valence electrons. The van der Waals surface area contributed by atoms with Crippen LogP contribution in [0.25, 0.3) is 16.9 Å². The maximum atomic E-state index is 9.18. The fourth-order valence-electron chi connectivity index (χ4n) is 2.35. The van der Waals surface area contributed by atoms with Gasteiger partial charge in [0, 0.05) is 11.8 Å². The van der Waals surface area contributed by atoms with Crippen molar-refractivity contribution in [3.63, 3.8) is 0 Å². The normalized spacial score (nSPS) is 9.56. The first-order valence-electron chi connectivity index (χ1n) is 9.00. The van der Waals surface area contributed by atoms with Gasteiger partial charge in [-0.25, -0.2) is 4.98 Å². The molecule has 0 radical (unpaired) electrons. The first-order valence-corrected chi connectivity index (χ1v) is 9.38. The third kappa shape index (κ3) is 6.00. The fourth-order valence-corrected chi connectivity index (χ4v) is 2.62. The summed E-state index contributed by atoms with van der Waals surface area (Å²) in [5.41, 5.74) is 4.01. The molecule has 2 aromatic heterocycles. The molecule has 0 aliphatic carbocycles. The van der Waals surface area contributed by atoms with E-state index >= 15 is 0 Å². The fraction of sp³-hybridized carbons (Fsp3) is 0.333. The number of hydrogen-bond donors (Lipinski definition) is 0. The maximum Gasteiger partial charge on any atom is 0.293 e. The van der Waals surface area contributed by atoms with Gasteiger partial charge in [-0.05, 0) is 43.7 Å². The smallest absolute Gasteiger partial charge is 0.293 e. The molecule has 27 heavy (non-hydrogen) atoms. The van der Waals surface area contributed by atoms with Gasteiger partial charge >= 0.3 is 0 Å². The summed E-state index contributed by atoms with van der Waals surface area (Å²) in [7, 11) is 1.63. The number of imidazole rings is 1. The molecule has 3 rings (SSSR count). The number of aryl methyl sites for hydroxylation is 1. The van der Waals surface area contributed by atoms with Crippen LogP contribution < -0.4 is 4.74 Å². The number of aromatic nitrogens is 2. The molecule has 0 spiro atoms. The second kappa shape index (κ2) is 12.0. The highest BCUT2D eigenvalue weighted by molar-refractivity contribution is 6.33. The molecule has 2 heterocycles. The van der Waals surface area contributed by atoms with Crippen molar-refractivity contribution in [2.75, 3.05) is 13.7 Å². The number of nitrogens with zero attached hydrogens (tertiary/aromatic N) is 2. The Labute approximate surface area is 165 Å². The van der Waals surface area contributed by atoms with Crippen molar-refractivity contribution in [3.8, 4) is 17.0 Å². The first-order chi connectivity index (χ1) is 13.1. The highest BCUT2D eigenvalue weighted by Crippen LogP contribution is 2.31. The van der Waals surface area contributed by atoms with E-state index in [9.17, 15) is 4.79 Å². The van der Waals surface area contributed by atoms with Gasteiger partial charge in [0.25, 0.3) is 6.47 Å². The molecular weight excluding hydrogens is 364 g/mol. The lowest BCUT2D eigenvalue weighted by Gasteiger charge is -2.09. The van der Waals surface area contributed by atoms with E-state index in [1.54, 1.807) is 14.0 Å². The van der Waals surface area contributed by atoms with Crippen molar-refractivity contribution in [1.29, 1.82) is 0 Å². The minimum Gasteiger partial charge on any atom is -0.497 e. The standard InChI is InChI=1S/C16H15ClN2O.C3H6O2.C2H6/c1-3-11-10-19-15(5-4-6-16(19)18-11)13-8-7-12(20-2)9-14(13)17;1-2-5-3-4;1-2/h4-10H,3H2,1-2H3;3H,2H2,1H3;1-2H3. The highest BCUT2D eigenvalue weighted by atomic mass is 35.5. The number of benzene rings is 1. The van der Waals surface area contributed by atoms with Crippen molar-refractivity contribution in [3.05, 3.63) is 53.3 Å². The SMILES string of the molecule is CC.CCOC=O.CCc1cn2c(-c3ccc(OC)cc3Cl)cccc2n1. The largest absolute Gasteiger partial charge is 0.497 e. The molecule has 0 aliphatic heterocycles. The Morgan fingerprint density at radius 3 is 2.44 bits per heavy atom. The number of fused-ring (bicyclic) bond motifs is 1. The number of methoxy groups -OCH3 is 1. The van der Waals surface area contributed by atoms with E-state index in [4.69, 9.17) is 16.3 Å². The van der Waals surface area contributed by atoms with Gasteiger partial charge in [0.05, 0.1) is 30.1 Å². The lowest BCUT2D eigenvalue weighted by Crippen LogP contribution is -1.92. The molecule has 0 aliphatic rings. The molecule has 0 saturated heterocycles. The van der Waals surface area contributed by atoms with Crippen molar-refractivity contribution < 1.29 is 14.3 Å². The van der Waals surface area contributed by atoms with Gasteiger partial charge in [0.15, 0.2) is 0 Å². The van der Waals surface area contributed by atoms with E-state index < -0.39 is 0 Å². The van der Waals surface area contributed by atoms with Crippen molar-refractivity contribution in [1.82, 2.24) is 9.38 Å². The van der Waals surface area contributed by atoms with Crippen molar-refractivity contribution in [2.24, 2.45) is 0 Å². The van der Waals surface area contributed by atoms with E-state index in [1.807, 2.05) is 50.2 Å². The summed E-state index contributed by atoms with van der Waals surface area (Å²) in [6, 6.07) is 11.8. The van der Waals surface area contributed by atoms with Crippen LogP contribution in [0.2, 0.25) is 5.02 Å². The summed E-state index contributed by atoms with van der Waals surface area (Å²) in [6.07, 6.45) is 2.97. The molecule has 1 aromatic carbocycles. The van der Waals surface area contributed by atoms with Gasteiger partial charge in [-0.3, -0.25) is 9.20 Å². The van der Waals surface area contributed by atoms with E-state index in [0.29, 0.717) is 18.1 Å². The summed E-state index contributed by atoms with van der Waals surface area (Å²) in [5.74, 6) is 0.755. The minimum absolute atomic E-state index is 0.431. The van der Waals surface area contributed by atoms with Gasteiger partial charge in [-0.2, -0.15) is 0 Å². The Kier molecular flexibility index (Phi) is 9.98. The molecule has 0 fully saturated rings. The van der Waals surface area contributed by atoms with Gasteiger partial charge in [0.1, 0.15) is 11.4 Å². The zero-order valence-corrected chi connectivity index (χ0v) is 17.3. The predicted molar refractivity (Wildman–Crippen MR) is 111 cm³/mol. The van der Waals surface area contributed by atoms with E-state index in [-0.39, 0.29) is 0 Å². The van der Waals surface area contributed by atoms with Gasteiger partial charge in [0.2, 0.25) is 0 Å². The van der Waals surface area contributed by atoms with Crippen LogP contribution in [0.3, 0.4) is 0 Å². The number of pyridine rings is 1. The Bertz CT molecular complexity index is 847. The quantitative estimate of drug-likeness (QED) is 0.545. The Morgan fingerprint density at radius 1 is 1.19 bits per heavy atom. The Balaban J connectivity index is 0.000000454. The molecule has 3 aromatic rings. The van der Waals surface area contributed by atoms with Crippen LogP contribution in [0.5, 0.6) is 5.75 Å². The van der Waals surface area contributed by atoms with Crippen LogP contribution in [0.4, 0.5) is 0 Å². The van der Waals surface area contributed by atoms with Crippen molar-refractivity contribution in [2.45, 2.75) is 34.1 Å². The van der Waals surface area contributed by atoms with Crippen LogP contribution in [0.15, 0.2) is 42.6 Å². The van der Waals surface area contributed by atoms with Gasteiger partial charge < -0.3 is 9.47 Å². The van der Waals surface area contributed by atoms with Crippen LogP contribution in [-0.4, -0.2) is 29.6 Å². The maximum absolute atomic E-state index is 9.18.